The van der Waals surface area contributed by atoms with E-state index in [-0.39, 0.29) is 11.9 Å². The van der Waals surface area contributed by atoms with Crippen molar-refractivity contribution in [2.24, 2.45) is 0 Å². The van der Waals surface area contributed by atoms with Crippen LogP contribution in [0.1, 0.15) is 32.1 Å². The van der Waals surface area contributed by atoms with Gasteiger partial charge in [0.15, 0.2) is 0 Å². The third-order valence-corrected chi connectivity index (χ3v) is 5.48. The van der Waals surface area contributed by atoms with E-state index in [1.54, 1.807) is 36.8 Å². The Kier molecular flexibility index (Phi) is 4.68. The lowest BCUT2D eigenvalue weighted by atomic mass is 9.97. The van der Waals surface area contributed by atoms with Gasteiger partial charge in [-0.05, 0) is 49.9 Å². The lowest BCUT2D eigenvalue weighted by molar-refractivity contribution is 0.155. The molecule has 146 valence electrons. The maximum absolute atomic E-state index is 14.3. The normalized spacial score (nSPS) is 14.9. The number of hydrogen-bond acceptors (Lipinski definition) is 4. The van der Waals surface area contributed by atoms with E-state index in [2.05, 4.69) is 20.2 Å². The van der Waals surface area contributed by atoms with Gasteiger partial charge in [-0.3, -0.25) is 15.1 Å². The Balaban J connectivity index is 1.56. The molecule has 4 aromatic rings. The van der Waals surface area contributed by atoms with Crippen LogP contribution in [-0.2, 0) is 0 Å². The number of nitrogens with zero attached hydrogens (tertiary/aromatic N) is 3. The maximum Gasteiger partial charge on any atom is 0.132 e. The lowest BCUT2D eigenvalue weighted by Gasteiger charge is -2.24. The van der Waals surface area contributed by atoms with E-state index in [1.807, 2.05) is 12.1 Å². The largest absolute Gasteiger partial charge is 0.490 e. The number of pyridine rings is 2. The predicted octanol–water partition coefficient (Wildman–Crippen LogP) is 5.54. The molecule has 0 bridgehead atoms. The zero-order valence-corrected chi connectivity index (χ0v) is 15.9. The summed E-state index contributed by atoms with van der Waals surface area (Å²) in [5, 5.41) is 8.08. The fourth-order valence-corrected chi connectivity index (χ4v) is 3.96. The monoisotopic (exact) mass is 388 g/mol. The molecular weight excluding hydrogens is 367 g/mol. The lowest BCUT2D eigenvalue weighted by Crippen LogP contribution is -2.20. The molecule has 1 N–H and O–H groups in total. The molecule has 1 saturated carbocycles. The van der Waals surface area contributed by atoms with Crippen LogP contribution in [0.15, 0.2) is 55.0 Å². The van der Waals surface area contributed by atoms with Crippen LogP contribution in [-0.4, -0.2) is 26.3 Å². The average molecular weight is 388 g/mol. The molecule has 3 heterocycles. The minimum absolute atomic E-state index is 0.233. The Labute approximate surface area is 168 Å². The summed E-state index contributed by atoms with van der Waals surface area (Å²) in [6, 6.07) is 10.5. The molecule has 0 saturated heterocycles. The highest BCUT2D eigenvalue weighted by Gasteiger charge is 2.19. The van der Waals surface area contributed by atoms with Crippen LogP contribution in [0.2, 0.25) is 0 Å². The number of aromatic amines is 1. The zero-order valence-electron chi connectivity index (χ0n) is 15.9. The second-order valence-corrected chi connectivity index (χ2v) is 7.42. The molecule has 0 unspecified atom stereocenters. The molecule has 0 amide bonds. The molecule has 5 nitrogen and oxygen atoms in total. The van der Waals surface area contributed by atoms with Gasteiger partial charge in [0.1, 0.15) is 17.3 Å². The van der Waals surface area contributed by atoms with E-state index in [0.29, 0.717) is 11.3 Å². The number of nitrogens with one attached hydrogen (secondary N) is 1. The second-order valence-electron chi connectivity index (χ2n) is 7.42. The van der Waals surface area contributed by atoms with Crippen LogP contribution in [0.4, 0.5) is 4.39 Å². The van der Waals surface area contributed by atoms with Gasteiger partial charge in [-0.25, -0.2) is 4.39 Å². The van der Waals surface area contributed by atoms with Crippen LogP contribution < -0.4 is 4.74 Å². The number of hydrogen-bond donors (Lipinski definition) is 1. The van der Waals surface area contributed by atoms with Crippen molar-refractivity contribution in [3.8, 4) is 28.3 Å². The van der Waals surface area contributed by atoms with Gasteiger partial charge in [0.2, 0.25) is 0 Å². The third-order valence-electron chi connectivity index (χ3n) is 5.48. The molecule has 29 heavy (non-hydrogen) atoms. The summed E-state index contributed by atoms with van der Waals surface area (Å²) in [4.78, 5) is 8.85. The van der Waals surface area contributed by atoms with E-state index in [9.17, 15) is 4.39 Å². The summed E-state index contributed by atoms with van der Waals surface area (Å²) in [6.45, 7) is 0. The Hall–Kier alpha value is -3.28. The molecule has 5 rings (SSSR count). The summed E-state index contributed by atoms with van der Waals surface area (Å²) < 4.78 is 20.6. The first kappa shape index (κ1) is 17.8. The van der Waals surface area contributed by atoms with Crippen molar-refractivity contribution in [2.45, 2.75) is 38.2 Å². The van der Waals surface area contributed by atoms with Gasteiger partial charge >= 0.3 is 0 Å². The van der Waals surface area contributed by atoms with Gasteiger partial charge in [-0.1, -0.05) is 18.6 Å². The molecule has 0 radical (unpaired) electrons. The van der Waals surface area contributed by atoms with Crippen LogP contribution in [0.25, 0.3) is 33.4 Å². The first-order valence-corrected chi connectivity index (χ1v) is 9.99. The molecule has 1 fully saturated rings. The number of benzene rings is 1. The van der Waals surface area contributed by atoms with Crippen molar-refractivity contribution in [3.05, 3.63) is 60.8 Å². The Morgan fingerprint density at radius 2 is 1.86 bits per heavy atom. The number of aromatic nitrogens is 4. The van der Waals surface area contributed by atoms with Gasteiger partial charge in [0.05, 0.1) is 29.1 Å². The average Bonchev–Trinajstić information content (AvgIpc) is 3.18. The van der Waals surface area contributed by atoms with Crippen molar-refractivity contribution in [1.29, 1.82) is 0 Å². The maximum atomic E-state index is 14.3. The van der Waals surface area contributed by atoms with Crippen LogP contribution in [0, 0.1) is 5.82 Å². The molecule has 0 aliphatic heterocycles. The molecule has 0 spiro atoms. The number of fused-ring (bicyclic) bond motifs is 1. The molecule has 3 aromatic heterocycles. The van der Waals surface area contributed by atoms with Gasteiger partial charge < -0.3 is 4.74 Å². The molecule has 1 aliphatic rings. The van der Waals surface area contributed by atoms with E-state index in [0.717, 1.165) is 40.8 Å². The highest BCUT2D eigenvalue weighted by atomic mass is 19.1. The first-order valence-electron chi connectivity index (χ1n) is 9.99. The quantitative estimate of drug-likeness (QED) is 0.499. The SMILES string of the molecule is Fc1ccccc1-c1n[nH]c2cnc(-c3cnccc3OC3CCCCC3)cc12. The van der Waals surface area contributed by atoms with Crippen molar-refractivity contribution < 1.29 is 9.13 Å². The fourth-order valence-electron chi connectivity index (χ4n) is 3.96. The highest BCUT2D eigenvalue weighted by Crippen LogP contribution is 2.34. The highest BCUT2D eigenvalue weighted by molar-refractivity contribution is 5.94. The summed E-state index contributed by atoms with van der Waals surface area (Å²) >= 11 is 0. The minimum Gasteiger partial charge on any atom is -0.490 e. The van der Waals surface area contributed by atoms with Gasteiger partial charge in [-0.15, -0.1) is 0 Å². The van der Waals surface area contributed by atoms with Crippen molar-refractivity contribution in [3.63, 3.8) is 0 Å². The zero-order chi connectivity index (χ0) is 19.6. The Morgan fingerprint density at radius 1 is 1.00 bits per heavy atom. The summed E-state index contributed by atoms with van der Waals surface area (Å²) in [5.74, 6) is 0.483. The predicted molar refractivity (Wildman–Crippen MR) is 110 cm³/mol. The Bertz CT molecular complexity index is 1150. The molecule has 1 aromatic carbocycles. The van der Waals surface area contributed by atoms with E-state index < -0.39 is 0 Å². The van der Waals surface area contributed by atoms with E-state index >= 15 is 0 Å². The van der Waals surface area contributed by atoms with Crippen LogP contribution >= 0.6 is 0 Å². The summed E-state index contributed by atoms with van der Waals surface area (Å²) in [6.07, 6.45) is 11.3. The molecule has 0 atom stereocenters. The first-order chi connectivity index (χ1) is 14.3. The number of rotatable bonds is 4. The van der Waals surface area contributed by atoms with Crippen molar-refractivity contribution in [1.82, 2.24) is 20.2 Å². The number of halogens is 1. The van der Waals surface area contributed by atoms with Gasteiger partial charge in [0, 0.05) is 23.3 Å². The summed E-state index contributed by atoms with van der Waals surface area (Å²) in [7, 11) is 0. The topological polar surface area (TPSA) is 63.7 Å². The van der Waals surface area contributed by atoms with E-state index in [4.69, 9.17) is 4.74 Å². The standard InChI is InChI=1S/C23H21FN4O/c24-19-9-5-4-8-16(19)23-17-12-20(26-14-21(17)27-28-23)18-13-25-11-10-22(18)29-15-6-2-1-3-7-15/h4-5,8-15H,1-3,6-7H2,(H,27,28). The number of ether oxygens (including phenoxy) is 1. The van der Waals surface area contributed by atoms with Gasteiger partial charge in [-0.2, -0.15) is 5.10 Å². The van der Waals surface area contributed by atoms with Crippen molar-refractivity contribution >= 4 is 10.9 Å². The minimum atomic E-state index is -0.304. The smallest absolute Gasteiger partial charge is 0.132 e. The molecular formula is C23H21FN4O. The van der Waals surface area contributed by atoms with Crippen molar-refractivity contribution in [2.75, 3.05) is 0 Å². The van der Waals surface area contributed by atoms with E-state index in [1.165, 1.54) is 25.3 Å². The number of H-pyrrole nitrogens is 1. The van der Waals surface area contributed by atoms with Crippen LogP contribution in [0.5, 0.6) is 5.75 Å². The van der Waals surface area contributed by atoms with Gasteiger partial charge in [0.25, 0.3) is 0 Å². The Morgan fingerprint density at radius 3 is 2.72 bits per heavy atom. The molecule has 1 aliphatic carbocycles. The van der Waals surface area contributed by atoms with Crippen LogP contribution in [0.3, 0.4) is 0 Å². The fraction of sp³-hybridized carbons (Fsp3) is 0.261. The second kappa shape index (κ2) is 7.62. The third kappa shape index (κ3) is 3.46. The summed E-state index contributed by atoms with van der Waals surface area (Å²) in [5.41, 5.74) is 3.35. The molecule has 6 heteroatoms.